The van der Waals surface area contributed by atoms with Crippen LogP contribution in [0.1, 0.15) is 11.6 Å². The van der Waals surface area contributed by atoms with Gasteiger partial charge in [0.1, 0.15) is 36.0 Å². The van der Waals surface area contributed by atoms with Gasteiger partial charge in [0.25, 0.3) is 5.82 Å². The number of terminal acetylenes is 1. The predicted octanol–water partition coefficient (Wildman–Crippen LogP) is 2.67. The van der Waals surface area contributed by atoms with Gasteiger partial charge < -0.3 is 24.9 Å². The number of thioether (sulfide) groups is 1. The maximum absolute atomic E-state index is 13.7. The summed E-state index contributed by atoms with van der Waals surface area (Å²) in [4.78, 5) is 7.65. The normalized spacial score (nSPS) is 24.1. The molecular formula is C23H17F3N4O4S. The lowest BCUT2D eigenvalue weighted by Crippen LogP contribution is -2.54. The van der Waals surface area contributed by atoms with Crippen LogP contribution < -0.4 is 0 Å². The number of aromatic nitrogens is 3. The van der Waals surface area contributed by atoms with Gasteiger partial charge in [-0.1, -0.05) is 12.5 Å². The molecule has 3 heterocycles. The van der Waals surface area contributed by atoms with E-state index in [2.05, 4.69) is 20.8 Å². The highest BCUT2D eigenvalue weighted by Crippen LogP contribution is 2.41. The zero-order valence-corrected chi connectivity index (χ0v) is 18.5. The van der Waals surface area contributed by atoms with Gasteiger partial charge in [0, 0.05) is 16.7 Å². The van der Waals surface area contributed by atoms with Crippen LogP contribution in [-0.2, 0) is 4.74 Å². The number of ether oxygens (including phenoxy) is 1. The first-order chi connectivity index (χ1) is 16.8. The van der Waals surface area contributed by atoms with Crippen molar-refractivity contribution in [2.75, 3.05) is 6.61 Å². The van der Waals surface area contributed by atoms with Crippen molar-refractivity contribution in [3.63, 3.8) is 0 Å². The van der Waals surface area contributed by atoms with Crippen LogP contribution in [0.15, 0.2) is 41.7 Å². The molecule has 35 heavy (non-hydrogen) atoms. The largest absolute Gasteiger partial charge is 0.394 e. The zero-order chi connectivity index (χ0) is 25.3. The number of hydrogen-bond donors (Lipinski definition) is 3. The molecule has 0 radical (unpaired) electrons. The van der Waals surface area contributed by atoms with Crippen LogP contribution in [0.3, 0.4) is 0 Å². The Labute approximate surface area is 201 Å². The fraction of sp³-hybridized carbons (Fsp3) is 0.261. The number of hydrogen-bond acceptors (Lipinski definition) is 7. The third kappa shape index (κ3) is 4.75. The quantitative estimate of drug-likeness (QED) is 0.280. The highest BCUT2D eigenvalue weighted by Gasteiger charge is 2.46. The molecule has 4 rings (SSSR count). The van der Waals surface area contributed by atoms with Gasteiger partial charge in [0.2, 0.25) is 0 Å². The van der Waals surface area contributed by atoms with Gasteiger partial charge in [-0.25, -0.2) is 13.2 Å². The summed E-state index contributed by atoms with van der Waals surface area (Å²) >= 11 is 0.933. The van der Waals surface area contributed by atoms with E-state index in [1.807, 2.05) is 0 Å². The Bertz CT molecular complexity index is 1320. The fourth-order valence-electron chi connectivity index (χ4n) is 3.66. The van der Waals surface area contributed by atoms with Gasteiger partial charge in [-0.05, 0) is 23.8 Å². The van der Waals surface area contributed by atoms with E-state index in [1.165, 1.54) is 29.3 Å². The van der Waals surface area contributed by atoms with Gasteiger partial charge in [0.05, 0.1) is 18.4 Å². The maximum atomic E-state index is 13.7. The summed E-state index contributed by atoms with van der Waals surface area (Å²) in [6, 6.07) is 1.97. The molecule has 1 aliphatic heterocycles. The van der Waals surface area contributed by atoms with Crippen LogP contribution in [0.2, 0.25) is 0 Å². The smallest absolute Gasteiger partial charge is 0.283 e. The Morgan fingerprint density at radius 2 is 1.86 bits per heavy atom. The molecule has 2 unspecified atom stereocenters. The molecule has 5 atom stereocenters. The minimum atomic E-state index is -1.61. The van der Waals surface area contributed by atoms with E-state index in [-0.39, 0.29) is 16.9 Å². The maximum Gasteiger partial charge on any atom is 0.283 e. The molecule has 12 heteroatoms. The van der Waals surface area contributed by atoms with Crippen LogP contribution in [0.5, 0.6) is 0 Å². The first-order valence-electron chi connectivity index (χ1n) is 10.1. The van der Waals surface area contributed by atoms with Gasteiger partial charge in [-0.15, -0.1) is 23.2 Å². The Balaban J connectivity index is 1.67. The van der Waals surface area contributed by atoms with E-state index in [0.717, 1.165) is 23.9 Å². The third-order valence-corrected chi connectivity index (χ3v) is 6.60. The Morgan fingerprint density at radius 1 is 1.14 bits per heavy atom. The van der Waals surface area contributed by atoms with E-state index < -0.39 is 53.8 Å². The summed E-state index contributed by atoms with van der Waals surface area (Å²) in [6.45, 7) is 6.72. The molecule has 0 aliphatic carbocycles. The molecule has 3 aromatic rings. The molecule has 1 aliphatic rings. The number of nitrogens with zero attached hydrogens (tertiary/aromatic N) is 4. The molecule has 0 spiro atoms. The summed E-state index contributed by atoms with van der Waals surface area (Å²) in [6.07, 6.45) is 5.34. The van der Waals surface area contributed by atoms with Gasteiger partial charge in [0.15, 0.2) is 17.5 Å². The second-order valence-corrected chi connectivity index (χ2v) is 8.72. The molecule has 1 fully saturated rings. The second kappa shape index (κ2) is 10.1. The molecular weight excluding hydrogens is 485 g/mol. The number of aliphatic hydroxyl groups is 3. The molecule has 0 saturated carbocycles. The predicted molar refractivity (Wildman–Crippen MR) is 119 cm³/mol. The van der Waals surface area contributed by atoms with Crippen molar-refractivity contribution < 1.29 is 33.2 Å². The van der Waals surface area contributed by atoms with E-state index >= 15 is 0 Å². The number of rotatable bonds is 5. The Hall–Kier alpha value is -3.39. The fourth-order valence-corrected chi connectivity index (χ4v) is 4.81. The molecule has 0 amide bonds. The summed E-state index contributed by atoms with van der Waals surface area (Å²) in [5.41, 5.74) is -0.493. The third-order valence-electron chi connectivity index (χ3n) is 5.42. The summed E-state index contributed by atoms with van der Waals surface area (Å²) in [7, 11) is 0. The average molecular weight is 502 g/mol. The lowest BCUT2D eigenvalue weighted by Gasteiger charge is -2.42. The number of halogens is 3. The van der Waals surface area contributed by atoms with Crippen LogP contribution in [-0.4, -0.2) is 60.4 Å². The summed E-state index contributed by atoms with van der Waals surface area (Å²) < 4.78 is 47.5. The highest BCUT2D eigenvalue weighted by atomic mass is 32.2. The van der Waals surface area contributed by atoms with Crippen molar-refractivity contribution in [1.29, 1.82) is 0 Å². The Kier molecular flexibility index (Phi) is 7.12. The zero-order valence-electron chi connectivity index (χ0n) is 17.7. The first-order valence-corrected chi connectivity index (χ1v) is 11.0. The van der Waals surface area contributed by atoms with Crippen molar-refractivity contribution in [2.24, 2.45) is 0 Å². The van der Waals surface area contributed by atoms with Crippen molar-refractivity contribution in [2.45, 2.75) is 34.7 Å². The molecule has 1 saturated heterocycles. The first kappa shape index (κ1) is 24.7. The van der Waals surface area contributed by atoms with E-state index in [4.69, 9.17) is 17.7 Å². The standard InChI is InChI=1S/C23H17F3N4O4S/c1-3-11-4-17(22(27-2)28-7-11)35-23-21(33)19(20(32)16(10-31)34-23)30-9-13(8-29-30)12-5-14(24)18(26)15(25)6-12/h1,4-9,16,19-21,23,31-33H,10H2/t16?,19-,20-,21?,23+/m0/s1. The molecule has 3 N–H and O–H groups in total. The topological polar surface area (TPSA) is 105 Å². The summed E-state index contributed by atoms with van der Waals surface area (Å²) in [5, 5.41) is 35.6. The van der Waals surface area contributed by atoms with E-state index in [0.29, 0.717) is 10.5 Å². The minimum absolute atomic E-state index is 0.00723. The number of aliphatic hydroxyl groups excluding tert-OH is 3. The van der Waals surface area contributed by atoms with Crippen molar-refractivity contribution in [3.05, 3.63) is 71.2 Å². The van der Waals surface area contributed by atoms with Crippen LogP contribution >= 0.6 is 11.8 Å². The molecule has 8 nitrogen and oxygen atoms in total. The average Bonchev–Trinajstić information content (AvgIpc) is 3.33. The van der Waals surface area contributed by atoms with Gasteiger partial charge in [-0.2, -0.15) is 5.10 Å². The summed E-state index contributed by atoms with van der Waals surface area (Å²) in [5.74, 6) is -1.94. The van der Waals surface area contributed by atoms with Gasteiger partial charge >= 0.3 is 0 Å². The SMILES string of the molecule is [C-]#[N+]c1ncc(C#C)cc1S[C@H]1OC(CO)[C@H](O)[C@H](n2cc(-c3cc(F)c(F)c(F)c3)cn2)C1O. The minimum Gasteiger partial charge on any atom is -0.394 e. The van der Waals surface area contributed by atoms with Crippen LogP contribution in [0.4, 0.5) is 19.0 Å². The number of benzene rings is 1. The monoisotopic (exact) mass is 502 g/mol. The highest BCUT2D eigenvalue weighted by molar-refractivity contribution is 8.00. The Morgan fingerprint density at radius 3 is 2.49 bits per heavy atom. The van der Waals surface area contributed by atoms with Crippen molar-refractivity contribution in [3.8, 4) is 23.5 Å². The van der Waals surface area contributed by atoms with Gasteiger partial charge in [-0.3, -0.25) is 4.68 Å². The van der Waals surface area contributed by atoms with Crippen molar-refractivity contribution in [1.82, 2.24) is 14.8 Å². The molecule has 1 aromatic carbocycles. The lowest BCUT2D eigenvalue weighted by molar-refractivity contribution is -0.178. The van der Waals surface area contributed by atoms with Crippen LogP contribution in [0.25, 0.3) is 16.0 Å². The molecule has 180 valence electrons. The lowest BCUT2D eigenvalue weighted by atomic mass is 9.97. The van der Waals surface area contributed by atoms with Crippen LogP contribution in [0, 0.1) is 36.4 Å². The van der Waals surface area contributed by atoms with E-state index in [9.17, 15) is 28.5 Å². The molecule has 2 aromatic heterocycles. The number of pyridine rings is 1. The van der Waals surface area contributed by atoms with Crippen molar-refractivity contribution >= 4 is 17.6 Å². The molecule has 0 bridgehead atoms. The second-order valence-electron chi connectivity index (χ2n) is 7.58. The van der Waals surface area contributed by atoms with E-state index in [1.54, 1.807) is 0 Å².